The van der Waals surface area contributed by atoms with Crippen molar-refractivity contribution in [3.8, 4) is 11.8 Å². The minimum atomic E-state index is -0.231. The summed E-state index contributed by atoms with van der Waals surface area (Å²) in [5.41, 5.74) is 2.63. The maximum atomic E-state index is 12.4. The first-order valence-electron chi connectivity index (χ1n) is 8.98. The molecule has 1 aromatic heterocycles. The van der Waals surface area contributed by atoms with Gasteiger partial charge in [0, 0.05) is 16.5 Å². The summed E-state index contributed by atoms with van der Waals surface area (Å²) in [5, 5.41) is 13.0. The Labute approximate surface area is 158 Å². The first-order chi connectivity index (χ1) is 12.7. The molecule has 1 aromatic carbocycles. The second-order valence-electron chi connectivity index (χ2n) is 6.24. The summed E-state index contributed by atoms with van der Waals surface area (Å²) >= 11 is 1.54. The molecule has 1 N–H and O–H groups in total. The van der Waals surface area contributed by atoms with Crippen molar-refractivity contribution in [2.45, 2.75) is 39.0 Å². The highest BCUT2D eigenvalue weighted by atomic mass is 32.1. The van der Waals surface area contributed by atoms with Crippen LogP contribution in [-0.4, -0.2) is 12.5 Å². The first-order valence-corrected chi connectivity index (χ1v) is 9.80. The van der Waals surface area contributed by atoms with Gasteiger partial charge in [-0.25, -0.2) is 0 Å². The van der Waals surface area contributed by atoms with Gasteiger partial charge in [-0.15, -0.1) is 11.3 Å². The molecule has 0 atom stereocenters. The van der Waals surface area contributed by atoms with Gasteiger partial charge in [-0.3, -0.25) is 4.79 Å². The van der Waals surface area contributed by atoms with E-state index in [9.17, 15) is 10.1 Å². The summed E-state index contributed by atoms with van der Waals surface area (Å²) in [4.78, 5) is 13.6. The van der Waals surface area contributed by atoms with Gasteiger partial charge >= 0.3 is 0 Å². The number of benzene rings is 1. The molecule has 0 saturated carbocycles. The summed E-state index contributed by atoms with van der Waals surface area (Å²) in [6.45, 7) is 2.70. The maximum absolute atomic E-state index is 12.4. The first kappa shape index (κ1) is 18.2. The smallest absolute Gasteiger partial charge is 0.249 e. The fraction of sp³-hybridized carbons (Fsp3) is 0.333. The van der Waals surface area contributed by atoms with Gasteiger partial charge in [0.25, 0.3) is 0 Å². The van der Waals surface area contributed by atoms with Gasteiger partial charge in [0.05, 0.1) is 12.2 Å². The fourth-order valence-electron chi connectivity index (χ4n) is 3.05. The molecule has 0 radical (unpaired) electrons. The lowest BCUT2D eigenvalue weighted by atomic mass is 9.96. The number of carbonyl (C=O) groups is 1. The highest BCUT2D eigenvalue weighted by molar-refractivity contribution is 7.16. The summed E-state index contributed by atoms with van der Waals surface area (Å²) in [5.74, 6) is 0.535. The number of nitriles is 1. The number of hydrogen-bond acceptors (Lipinski definition) is 4. The normalized spacial score (nSPS) is 13.2. The lowest BCUT2D eigenvalue weighted by Gasteiger charge is -2.09. The van der Waals surface area contributed by atoms with E-state index in [0.29, 0.717) is 17.2 Å². The molecule has 2 aromatic rings. The van der Waals surface area contributed by atoms with Crippen LogP contribution in [0.1, 0.15) is 47.8 Å². The zero-order chi connectivity index (χ0) is 18.4. The molecule has 4 nitrogen and oxygen atoms in total. The third kappa shape index (κ3) is 4.14. The topological polar surface area (TPSA) is 62.1 Å². The quantitative estimate of drug-likeness (QED) is 0.737. The van der Waals surface area contributed by atoms with Crippen LogP contribution < -0.4 is 10.1 Å². The maximum Gasteiger partial charge on any atom is 0.249 e. The Morgan fingerprint density at radius 3 is 2.96 bits per heavy atom. The Morgan fingerprint density at radius 1 is 1.35 bits per heavy atom. The summed E-state index contributed by atoms with van der Waals surface area (Å²) in [7, 11) is 0. The molecule has 3 rings (SSSR count). The van der Waals surface area contributed by atoms with E-state index in [4.69, 9.17) is 4.74 Å². The largest absolute Gasteiger partial charge is 0.493 e. The molecule has 1 amide bonds. The predicted molar refractivity (Wildman–Crippen MR) is 106 cm³/mol. The molecule has 0 aliphatic heterocycles. The minimum absolute atomic E-state index is 0.231. The molecule has 5 heteroatoms. The monoisotopic (exact) mass is 366 g/mol. The molecule has 0 spiro atoms. The van der Waals surface area contributed by atoms with E-state index in [1.54, 1.807) is 6.08 Å². The van der Waals surface area contributed by atoms with Crippen molar-refractivity contribution in [1.29, 1.82) is 5.26 Å². The number of carbonyl (C=O) groups excluding carboxylic acids is 1. The Hall–Kier alpha value is -2.58. The van der Waals surface area contributed by atoms with Gasteiger partial charge < -0.3 is 10.1 Å². The molecule has 1 heterocycles. The van der Waals surface area contributed by atoms with Crippen LogP contribution in [0.4, 0.5) is 5.00 Å². The minimum Gasteiger partial charge on any atom is -0.493 e. The molecule has 0 saturated heterocycles. The number of nitrogens with one attached hydrogen (secondary N) is 1. The molecular formula is C21H22N2O2S. The van der Waals surface area contributed by atoms with Gasteiger partial charge in [-0.2, -0.15) is 5.26 Å². The van der Waals surface area contributed by atoms with Crippen LogP contribution in [0.3, 0.4) is 0 Å². The van der Waals surface area contributed by atoms with E-state index in [-0.39, 0.29) is 5.91 Å². The van der Waals surface area contributed by atoms with E-state index in [0.717, 1.165) is 49.0 Å². The van der Waals surface area contributed by atoms with Crippen LogP contribution in [-0.2, 0) is 17.6 Å². The van der Waals surface area contributed by atoms with E-state index >= 15 is 0 Å². The highest BCUT2D eigenvalue weighted by Gasteiger charge is 2.21. The van der Waals surface area contributed by atoms with Crippen molar-refractivity contribution >= 4 is 28.3 Å². The lowest BCUT2D eigenvalue weighted by molar-refractivity contribution is -0.111. The zero-order valence-electron chi connectivity index (χ0n) is 14.9. The van der Waals surface area contributed by atoms with Gasteiger partial charge in [-0.1, -0.05) is 25.1 Å². The third-order valence-electron chi connectivity index (χ3n) is 4.31. The number of aryl methyl sites for hydroxylation is 1. The van der Waals surface area contributed by atoms with Crippen LogP contribution >= 0.6 is 11.3 Å². The second-order valence-corrected chi connectivity index (χ2v) is 7.34. The van der Waals surface area contributed by atoms with Crippen molar-refractivity contribution in [1.82, 2.24) is 0 Å². The average Bonchev–Trinajstić information content (AvgIpc) is 3.02. The van der Waals surface area contributed by atoms with Crippen molar-refractivity contribution in [3.63, 3.8) is 0 Å². The van der Waals surface area contributed by atoms with Gasteiger partial charge in [0.2, 0.25) is 5.91 Å². The number of nitrogens with zero attached hydrogens (tertiary/aromatic N) is 1. The van der Waals surface area contributed by atoms with Crippen molar-refractivity contribution in [3.05, 3.63) is 51.9 Å². The molecule has 1 aliphatic rings. The third-order valence-corrected chi connectivity index (χ3v) is 5.52. The molecule has 26 heavy (non-hydrogen) atoms. The standard InChI is InChI=1S/C21H22N2O2S/c1-2-13-25-18-9-5-3-7-15(18)11-12-20(24)23-21-17(14-22)16-8-4-6-10-19(16)26-21/h3,5,7,9,11-12H,2,4,6,8,10,13H2,1H3,(H,23,24)/b12-11+. The average molecular weight is 366 g/mol. The molecule has 0 fully saturated rings. The van der Waals surface area contributed by atoms with E-state index in [1.165, 1.54) is 22.3 Å². The Bertz CT molecular complexity index is 861. The van der Waals surface area contributed by atoms with Crippen LogP contribution in [0.15, 0.2) is 30.3 Å². The molecule has 1 aliphatic carbocycles. The number of anilines is 1. The number of rotatable bonds is 6. The number of hydrogen-bond donors (Lipinski definition) is 1. The molecule has 134 valence electrons. The Kier molecular flexibility index (Phi) is 6.08. The fourth-order valence-corrected chi connectivity index (χ4v) is 4.30. The lowest BCUT2D eigenvalue weighted by Crippen LogP contribution is -2.08. The van der Waals surface area contributed by atoms with Crippen molar-refractivity contribution in [2.75, 3.05) is 11.9 Å². The van der Waals surface area contributed by atoms with Gasteiger partial charge in [0.15, 0.2) is 0 Å². The SMILES string of the molecule is CCCOc1ccccc1/C=C/C(=O)Nc1sc2c(c1C#N)CCCC2. The molecular weight excluding hydrogens is 344 g/mol. The van der Waals surface area contributed by atoms with Crippen molar-refractivity contribution < 1.29 is 9.53 Å². The highest BCUT2D eigenvalue weighted by Crippen LogP contribution is 2.37. The summed E-state index contributed by atoms with van der Waals surface area (Å²) in [6, 6.07) is 9.91. The van der Waals surface area contributed by atoms with Crippen LogP contribution in [0.5, 0.6) is 5.75 Å². The second kappa shape index (κ2) is 8.68. The number of amides is 1. The molecule has 0 unspecified atom stereocenters. The number of thiophene rings is 1. The summed E-state index contributed by atoms with van der Waals surface area (Å²) < 4.78 is 5.70. The predicted octanol–water partition coefficient (Wildman–Crippen LogP) is 4.94. The Morgan fingerprint density at radius 2 is 2.15 bits per heavy atom. The van der Waals surface area contributed by atoms with Crippen LogP contribution in [0.25, 0.3) is 6.08 Å². The van der Waals surface area contributed by atoms with Gasteiger partial charge in [-0.05, 0) is 49.8 Å². The number of fused-ring (bicyclic) bond motifs is 1. The van der Waals surface area contributed by atoms with Crippen molar-refractivity contribution in [2.24, 2.45) is 0 Å². The van der Waals surface area contributed by atoms with Gasteiger partial charge in [0.1, 0.15) is 16.8 Å². The van der Waals surface area contributed by atoms with E-state index in [1.807, 2.05) is 24.3 Å². The number of para-hydroxylation sites is 1. The number of ether oxygens (including phenoxy) is 1. The molecule has 0 bridgehead atoms. The zero-order valence-corrected chi connectivity index (χ0v) is 15.7. The van der Waals surface area contributed by atoms with E-state index < -0.39 is 0 Å². The summed E-state index contributed by atoms with van der Waals surface area (Å²) in [6.07, 6.45) is 8.37. The van der Waals surface area contributed by atoms with Crippen LogP contribution in [0.2, 0.25) is 0 Å². The van der Waals surface area contributed by atoms with E-state index in [2.05, 4.69) is 18.3 Å². The van der Waals surface area contributed by atoms with Crippen LogP contribution in [0, 0.1) is 11.3 Å². The Balaban J connectivity index is 1.73.